The van der Waals surface area contributed by atoms with Crippen LogP contribution in [0.3, 0.4) is 0 Å². The van der Waals surface area contributed by atoms with Crippen LogP contribution >= 0.6 is 0 Å². The van der Waals surface area contributed by atoms with Crippen molar-refractivity contribution in [2.24, 2.45) is 11.8 Å². The van der Waals surface area contributed by atoms with Gasteiger partial charge in [0.15, 0.2) is 0 Å². The summed E-state index contributed by atoms with van der Waals surface area (Å²) in [6.07, 6.45) is 1.61. The Labute approximate surface area is 125 Å². The number of hydrogen-bond donors (Lipinski definition) is 2. The number of likely N-dealkylation sites (tertiary alicyclic amines) is 1. The van der Waals surface area contributed by atoms with Crippen LogP contribution in [0.15, 0.2) is 0 Å². The van der Waals surface area contributed by atoms with Gasteiger partial charge in [-0.3, -0.25) is 9.59 Å². The van der Waals surface area contributed by atoms with E-state index in [0.29, 0.717) is 19.6 Å². The summed E-state index contributed by atoms with van der Waals surface area (Å²) in [7, 11) is 3.39. The third-order valence-corrected chi connectivity index (χ3v) is 3.59. The zero-order valence-corrected chi connectivity index (χ0v) is 13.0. The molecular weight excluding hydrogens is 274 g/mol. The number of aliphatic carboxylic acids is 1. The average Bonchev–Trinajstić information content (AvgIpc) is 2.43. The standard InChI is InChI=1S/C14H25N3O4/c1-10(7-12(18)19)8-15-13(20)11-5-4-6-17(9-11)14(21)16(2)3/h10-11H,4-9H2,1-3H3,(H,15,20)(H,18,19). The Hall–Kier alpha value is -1.79. The number of rotatable bonds is 5. The molecule has 2 unspecified atom stereocenters. The monoisotopic (exact) mass is 299 g/mol. The lowest BCUT2D eigenvalue weighted by molar-refractivity contribution is -0.138. The number of amides is 3. The minimum absolute atomic E-state index is 0.0379. The first-order valence-electron chi connectivity index (χ1n) is 7.27. The Morgan fingerprint density at radius 3 is 2.62 bits per heavy atom. The largest absolute Gasteiger partial charge is 0.481 e. The Balaban J connectivity index is 2.43. The van der Waals surface area contributed by atoms with Gasteiger partial charge in [-0.25, -0.2) is 4.79 Å². The van der Waals surface area contributed by atoms with Gasteiger partial charge < -0.3 is 20.2 Å². The highest BCUT2D eigenvalue weighted by Gasteiger charge is 2.29. The highest BCUT2D eigenvalue weighted by atomic mass is 16.4. The van der Waals surface area contributed by atoms with Gasteiger partial charge in [0.05, 0.1) is 5.92 Å². The molecule has 1 fully saturated rings. The van der Waals surface area contributed by atoms with Gasteiger partial charge in [0.1, 0.15) is 0 Å². The van der Waals surface area contributed by atoms with Gasteiger partial charge in [-0.1, -0.05) is 6.92 Å². The summed E-state index contributed by atoms with van der Waals surface area (Å²) in [5.41, 5.74) is 0. The lowest BCUT2D eigenvalue weighted by Gasteiger charge is -2.33. The van der Waals surface area contributed by atoms with E-state index >= 15 is 0 Å². The van der Waals surface area contributed by atoms with Crippen LogP contribution in [0.2, 0.25) is 0 Å². The number of carboxylic acid groups (broad SMARTS) is 1. The summed E-state index contributed by atoms with van der Waals surface area (Å²) in [5, 5.41) is 11.5. The molecule has 0 radical (unpaired) electrons. The SMILES string of the molecule is CC(CNC(=O)C1CCCN(C(=O)N(C)C)C1)CC(=O)O. The van der Waals surface area contributed by atoms with Crippen molar-refractivity contribution in [1.29, 1.82) is 0 Å². The summed E-state index contributed by atoms with van der Waals surface area (Å²) >= 11 is 0. The highest BCUT2D eigenvalue weighted by molar-refractivity contribution is 5.80. The Bertz CT molecular complexity index is 398. The first kappa shape index (κ1) is 17.3. The Morgan fingerprint density at radius 2 is 2.05 bits per heavy atom. The van der Waals surface area contributed by atoms with E-state index in [1.807, 2.05) is 0 Å². The molecule has 21 heavy (non-hydrogen) atoms. The van der Waals surface area contributed by atoms with Crippen molar-refractivity contribution in [1.82, 2.24) is 15.1 Å². The predicted octanol–water partition coefficient (Wildman–Crippen LogP) is 0.607. The van der Waals surface area contributed by atoms with Gasteiger partial charge in [0.2, 0.25) is 5.91 Å². The topological polar surface area (TPSA) is 90.0 Å². The predicted molar refractivity (Wildman–Crippen MR) is 77.8 cm³/mol. The molecule has 7 nitrogen and oxygen atoms in total. The summed E-state index contributed by atoms with van der Waals surface area (Å²) in [6, 6.07) is -0.0771. The molecule has 7 heteroatoms. The normalized spacial score (nSPS) is 19.8. The summed E-state index contributed by atoms with van der Waals surface area (Å²) in [6.45, 7) is 3.24. The molecule has 0 aromatic rings. The molecule has 0 aromatic carbocycles. The van der Waals surface area contributed by atoms with Crippen molar-refractivity contribution < 1.29 is 19.5 Å². The van der Waals surface area contributed by atoms with E-state index < -0.39 is 5.97 Å². The molecule has 2 atom stereocenters. The minimum atomic E-state index is -0.864. The second kappa shape index (κ2) is 7.85. The van der Waals surface area contributed by atoms with E-state index in [2.05, 4.69) is 5.32 Å². The third kappa shape index (κ3) is 5.61. The van der Waals surface area contributed by atoms with E-state index in [4.69, 9.17) is 5.11 Å². The summed E-state index contributed by atoms with van der Waals surface area (Å²) < 4.78 is 0. The van der Waals surface area contributed by atoms with Gasteiger partial charge in [0, 0.05) is 40.2 Å². The Kier molecular flexibility index (Phi) is 6.45. The number of carboxylic acids is 1. The quantitative estimate of drug-likeness (QED) is 0.778. The van der Waals surface area contributed by atoms with Crippen molar-refractivity contribution in [3.63, 3.8) is 0 Å². The van der Waals surface area contributed by atoms with E-state index in [0.717, 1.165) is 12.8 Å². The maximum absolute atomic E-state index is 12.1. The lowest BCUT2D eigenvalue weighted by atomic mass is 9.97. The van der Waals surface area contributed by atoms with E-state index in [9.17, 15) is 14.4 Å². The molecule has 0 aromatic heterocycles. The van der Waals surface area contributed by atoms with Gasteiger partial charge in [-0.15, -0.1) is 0 Å². The van der Waals surface area contributed by atoms with E-state index in [-0.39, 0.29) is 30.2 Å². The lowest BCUT2D eigenvalue weighted by Crippen LogP contribution is -2.48. The van der Waals surface area contributed by atoms with Crippen LogP contribution in [0.1, 0.15) is 26.2 Å². The number of carbonyl (C=O) groups excluding carboxylic acids is 2. The zero-order valence-electron chi connectivity index (χ0n) is 13.0. The fourth-order valence-corrected chi connectivity index (χ4v) is 2.44. The average molecular weight is 299 g/mol. The second-order valence-corrected chi connectivity index (χ2v) is 5.91. The molecule has 1 rings (SSSR count). The molecule has 1 saturated heterocycles. The van der Waals surface area contributed by atoms with Gasteiger partial charge in [0.25, 0.3) is 0 Å². The van der Waals surface area contributed by atoms with Crippen LogP contribution < -0.4 is 5.32 Å². The molecule has 1 aliphatic rings. The number of nitrogens with zero attached hydrogens (tertiary/aromatic N) is 2. The molecule has 0 bridgehead atoms. The van der Waals surface area contributed by atoms with Gasteiger partial charge >= 0.3 is 12.0 Å². The highest BCUT2D eigenvalue weighted by Crippen LogP contribution is 2.17. The Morgan fingerprint density at radius 1 is 1.38 bits per heavy atom. The number of carbonyl (C=O) groups is 3. The molecule has 0 spiro atoms. The van der Waals surface area contributed by atoms with Crippen LogP contribution in [0.5, 0.6) is 0 Å². The molecule has 120 valence electrons. The van der Waals surface area contributed by atoms with Crippen LogP contribution in [0, 0.1) is 11.8 Å². The summed E-state index contributed by atoms with van der Waals surface area (Å²) in [4.78, 5) is 37.8. The molecular formula is C14H25N3O4. The number of piperidine rings is 1. The van der Waals surface area contributed by atoms with Crippen LogP contribution in [0.25, 0.3) is 0 Å². The second-order valence-electron chi connectivity index (χ2n) is 5.91. The van der Waals surface area contributed by atoms with Crippen LogP contribution in [-0.2, 0) is 9.59 Å². The number of hydrogen-bond acceptors (Lipinski definition) is 3. The maximum atomic E-state index is 12.1. The third-order valence-electron chi connectivity index (χ3n) is 3.59. The van der Waals surface area contributed by atoms with Crippen molar-refractivity contribution >= 4 is 17.9 Å². The van der Waals surface area contributed by atoms with Crippen molar-refractivity contribution in [2.75, 3.05) is 33.7 Å². The minimum Gasteiger partial charge on any atom is -0.481 e. The fraction of sp³-hybridized carbons (Fsp3) is 0.786. The van der Waals surface area contributed by atoms with E-state index in [1.54, 1.807) is 25.9 Å². The molecule has 0 aliphatic carbocycles. The first-order chi connectivity index (χ1) is 9.81. The molecule has 1 aliphatic heterocycles. The van der Waals surface area contributed by atoms with Crippen molar-refractivity contribution in [3.05, 3.63) is 0 Å². The zero-order chi connectivity index (χ0) is 16.0. The van der Waals surface area contributed by atoms with Gasteiger partial charge in [-0.05, 0) is 18.8 Å². The smallest absolute Gasteiger partial charge is 0.319 e. The van der Waals surface area contributed by atoms with Crippen LogP contribution in [0.4, 0.5) is 4.79 Å². The van der Waals surface area contributed by atoms with Crippen LogP contribution in [-0.4, -0.2) is 66.5 Å². The molecule has 3 amide bonds. The van der Waals surface area contributed by atoms with Crippen molar-refractivity contribution in [2.45, 2.75) is 26.2 Å². The maximum Gasteiger partial charge on any atom is 0.319 e. The summed E-state index contributed by atoms with van der Waals surface area (Å²) in [5.74, 6) is -1.27. The number of urea groups is 1. The van der Waals surface area contributed by atoms with Crippen molar-refractivity contribution in [3.8, 4) is 0 Å². The fourth-order valence-electron chi connectivity index (χ4n) is 2.44. The first-order valence-corrected chi connectivity index (χ1v) is 7.27. The number of nitrogens with one attached hydrogen (secondary N) is 1. The molecule has 1 heterocycles. The molecule has 0 saturated carbocycles. The van der Waals surface area contributed by atoms with E-state index in [1.165, 1.54) is 4.90 Å². The molecule has 2 N–H and O–H groups in total. The van der Waals surface area contributed by atoms with Gasteiger partial charge in [-0.2, -0.15) is 0 Å².